The predicted molar refractivity (Wildman–Crippen MR) is 92.5 cm³/mol. The third-order valence-electron chi connectivity index (χ3n) is 4.37. The molecule has 2 aromatic carbocycles. The summed E-state index contributed by atoms with van der Waals surface area (Å²) in [4.78, 5) is 24.4. The molecule has 1 aliphatic rings. The van der Waals surface area contributed by atoms with Gasteiger partial charge in [0.25, 0.3) is 5.69 Å². The molecular weight excluding hydrogens is 323 g/mol. The smallest absolute Gasteiger partial charge is 0.279 e. The van der Waals surface area contributed by atoms with Crippen LogP contribution in [0.2, 0.25) is 0 Å². The van der Waals surface area contributed by atoms with E-state index in [1.165, 1.54) is 23.8 Å². The summed E-state index contributed by atoms with van der Waals surface area (Å²) in [7, 11) is 0. The van der Waals surface area contributed by atoms with Gasteiger partial charge in [-0.1, -0.05) is 30.3 Å². The molecule has 0 aromatic heterocycles. The van der Waals surface area contributed by atoms with Crippen LogP contribution < -0.4 is 0 Å². The lowest BCUT2D eigenvalue weighted by Crippen LogP contribution is -2.26. The Morgan fingerprint density at radius 3 is 2.72 bits per heavy atom. The van der Waals surface area contributed by atoms with Gasteiger partial charge in [-0.15, -0.1) is 0 Å². The highest BCUT2D eigenvalue weighted by Crippen LogP contribution is 2.27. The normalized spacial score (nSPS) is 17.2. The number of hydrogen-bond donors (Lipinski definition) is 0. The maximum Gasteiger partial charge on any atom is 0.279 e. The molecule has 25 heavy (non-hydrogen) atoms. The summed E-state index contributed by atoms with van der Waals surface area (Å²) < 4.78 is 13.2. The molecule has 0 bridgehead atoms. The van der Waals surface area contributed by atoms with Gasteiger partial charge in [-0.3, -0.25) is 14.9 Å². The number of halogens is 1. The first-order valence-electron chi connectivity index (χ1n) is 8.00. The van der Waals surface area contributed by atoms with Crippen molar-refractivity contribution in [3.63, 3.8) is 0 Å². The van der Waals surface area contributed by atoms with Crippen LogP contribution in [0, 0.1) is 15.9 Å². The monoisotopic (exact) mass is 340 g/mol. The fourth-order valence-corrected chi connectivity index (χ4v) is 3.04. The maximum absolute atomic E-state index is 13.2. The van der Waals surface area contributed by atoms with Crippen molar-refractivity contribution in [1.29, 1.82) is 0 Å². The minimum atomic E-state index is -0.680. The van der Waals surface area contributed by atoms with Crippen molar-refractivity contribution in [3.05, 3.63) is 81.7 Å². The van der Waals surface area contributed by atoms with Gasteiger partial charge in [0.15, 0.2) is 0 Å². The third kappa shape index (κ3) is 3.91. The van der Waals surface area contributed by atoms with Crippen LogP contribution in [0.25, 0.3) is 6.08 Å². The van der Waals surface area contributed by atoms with Crippen molar-refractivity contribution in [2.75, 3.05) is 13.1 Å². The van der Waals surface area contributed by atoms with Crippen LogP contribution in [0.4, 0.5) is 10.1 Å². The van der Waals surface area contributed by atoms with Gasteiger partial charge < -0.3 is 4.90 Å². The summed E-state index contributed by atoms with van der Waals surface area (Å²) in [5, 5.41) is 11.0. The molecule has 1 atom stereocenters. The summed E-state index contributed by atoms with van der Waals surface area (Å²) in [5.74, 6) is -0.573. The van der Waals surface area contributed by atoms with Gasteiger partial charge in [0, 0.05) is 25.1 Å². The second-order valence-electron chi connectivity index (χ2n) is 5.97. The molecule has 6 heteroatoms. The van der Waals surface area contributed by atoms with Gasteiger partial charge in [-0.05, 0) is 30.2 Å². The maximum atomic E-state index is 13.2. The second kappa shape index (κ2) is 7.25. The van der Waals surface area contributed by atoms with Crippen LogP contribution in [0.3, 0.4) is 0 Å². The number of likely N-dealkylation sites (tertiary alicyclic amines) is 1. The summed E-state index contributed by atoms with van der Waals surface area (Å²) in [6, 6.07) is 13.3. The van der Waals surface area contributed by atoms with Gasteiger partial charge in [-0.2, -0.15) is 0 Å². The molecular formula is C19H17FN2O3. The molecule has 0 aliphatic carbocycles. The number of nitro benzene ring substituents is 1. The molecule has 0 radical (unpaired) electrons. The van der Waals surface area contributed by atoms with Crippen molar-refractivity contribution < 1.29 is 14.1 Å². The molecule has 0 spiro atoms. The summed E-state index contributed by atoms with van der Waals surface area (Å²) in [6.07, 6.45) is 3.57. The van der Waals surface area contributed by atoms with E-state index in [1.54, 1.807) is 4.90 Å². The van der Waals surface area contributed by atoms with Crippen LogP contribution in [-0.4, -0.2) is 28.8 Å². The first-order chi connectivity index (χ1) is 12.0. The summed E-state index contributed by atoms with van der Waals surface area (Å²) in [5.41, 5.74) is 1.06. The Labute approximate surface area is 144 Å². The number of nitro groups is 1. The molecule has 1 amide bonds. The molecule has 0 saturated carbocycles. The van der Waals surface area contributed by atoms with E-state index in [4.69, 9.17) is 0 Å². The Bertz CT molecular complexity index is 821. The van der Waals surface area contributed by atoms with Crippen molar-refractivity contribution in [2.24, 2.45) is 0 Å². The Morgan fingerprint density at radius 1 is 1.24 bits per heavy atom. The Hall–Kier alpha value is -3.02. The Kier molecular flexibility index (Phi) is 4.88. The molecule has 1 fully saturated rings. The predicted octanol–water partition coefficient (Wildman–Crippen LogP) is 3.76. The van der Waals surface area contributed by atoms with E-state index in [9.17, 15) is 19.3 Å². The van der Waals surface area contributed by atoms with Crippen LogP contribution in [-0.2, 0) is 4.79 Å². The van der Waals surface area contributed by atoms with Crippen molar-refractivity contribution in [3.8, 4) is 0 Å². The van der Waals surface area contributed by atoms with Crippen LogP contribution in [0.15, 0.2) is 54.6 Å². The zero-order chi connectivity index (χ0) is 17.8. The number of carbonyl (C=O) groups excluding carboxylic acids is 1. The lowest BCUT2D eigenvalue weighted by molar-refractivity contribution is -0.385. The Balaban J connectivity index is 1.69. The minimum Gasteiger partial charge on any atom is -0.339 e. The fourth-order valence-electron chi connectivity index (χ4n) is 3.04. The highest BCUT2D eigenvalue weighted by Gasteiger charge is 2.26. The topological polar surface area (TPSA) is 63.4 Å². The molecule has 3 rings (SSSR count). The van der Waals surface area contributed by atoms with Crippen molar-refractivity contribution in [1.82, 2.24) is 4.90 Å². The van der Waals surface area contributed by atoms with Crippen LogP contribution >= 0.6 is 0 Å². The fraction of sp³-hybridized carbons (Fsp3) is 0.211. The molecule has 1 aliphatic heterocycles. The molecule has 0 N–H and O–H groups in total. The number of amides is 1. The van der Waals surface area contributed by atoms with E-state index in [0.717, 1.165) is 18.6 Å². The van der Waals surface area contributed by atoms with E-state index < -0.39 is 10.7 Å². The summed E-state index contributed by atoms with van der Waals surface area (Å²) >= 11 is 0. The highest BCUT2D eigenvalue weighted by molar-refractivity contribution is 5.92. The van der Waals surface area contributed by atoms with Gasteiger partial charge in [0.1, 0.15) is 5.82 Å². The lowest BCUT2D eigenvalue weighted by Gasteiger charge is -2.14. The van der Waals surface area contributed by atoms with Gasteiger partial charge >= 0.3 is 0 Å². The van der Waals surface area contributed by atoms with Crippen LogP contribution in [0.1, 0.15) is 23.5 Å². The zero-order valence-electron chi connectivity index (χ0n) is 13.5. The average Bonchev–Trinajstić information content (AvgIpc) is 3.11. The number of hydrogen-bond acceptors (Lipinski definition) is 3. The minimum absolute atomic E-state index is 0.197. The van der Waals surface area contributed by atoms with E-state index >= 15 is 0 Å². The number of benzene rings is 2. The van der Waals surface area contributed by atoms with Crippen molar-refractivity contribution in [2.45, 2.75) is 12.3 Å². The van der Waals surface area contributed by atoms with Crippen molar-refractivity contribution >= 4 is 17.7 Å². The Morgan fingerprint density at radius 2 is 2.00 bits per heavy atom. The quantitative estimate of drug-likeness (QED) is 0.483. The first-order valence-corrected chi connectivity index (χ1v) is 8.00. The SMILES string of the molecule is O=C(C=Cc1ccc(F)cc1[N+](=O)[O-])N1CCC(c2ccccc2)C1. The van der Waals surface area contributed by atoms with Gasteiger partial charge in [-0.25, -0.2) is 4.39 Å². The molecule has 2 aromatic rings. The molecule has 1 saturated heterocycles. The van der Waals surface area contributed by atoms with E-state index in [-0.39, 0.29) is 17.2 Å². The molecule has 5 nitrogen and oxygen atoms in total. The number of nitrogens with zero attached hydrogens (tertiary/aromatic N) is 2. The second-order valence-corrected chi connectivity index (χ2v) is 5.97. The van der Waals surface area contributed by atoms with E-state index in [1.807, 2.05) is 18.2 Å². The standard InChI is InChI=1S/C19H17FN2O3/c20-17-8-6-15(18(12-17)22(24)25)7-9-19(23)21-11-10-16(13-21)14-4-2-1-3-5-14/h1-9,12,16H,10-11,13H2. The lowest BCUT2D eigenvalue weighted by atomic mass is 9.99. The highest BCUT2D eigenvalue weighted by atomic mass is 19.1. The molecule has 1 heterocycles. The number of rotatable bonds is 4. The van der Waals surface area contributed by atoms with Crippen LogP contribution in [0.5, 0.6) is 0 Å². The van der Waals surface area contributed by atoms with E-state index in [0.29, 0.717) is 19.0 Å². The number of carbonyl (C=O) groups is 1. The third-order valence-corrected chi connectivity index (χ3v) is 4.37. The largest absolute Gasteiger partial charge is 0.339 e. The van der Waals surface area contributed by atoms with E-state index in [2.05, 4.69) is 12.1 Å². The van der Waals surface area contributed by atoms with Gasteiger partial charge in [0.05, 0.1) is 16.6 Å². The molecule has 1 unspecified atom stereocenters. The average molecular weight is 340 g/mol. The zero-order valence-corrected chi connectivity index (χ0v) is 13.5. The molecule has 128 valence electrons. The van der Waals surface area contributed by atoms with Gasteiger partial charge in [0.2, 0.25) is 5.91 Å². The first kappa shape index (κ1) is 16.8. The summed E-state index contributed by atoms with van der Waals surface area (Å²) in [6.45, 7) is 1.27.